The smallest absolute Gasteiger partial charge is 0.384 e. The summed E-state index contributed by atoms with van der Waals surface area (Å²) in [5.74, 6) is 2.61. The lowest BCUT2D eigenvalue weighted by Gasteiger charge is -2.01. The second-order valence-corrected chi connectivity index (χ2v) is 2.82. The van der Waals surface area contributed by atoms with Crippen LogP contribution in [-0.4, -0.2) is 24.2 Å². The van der Waals surface area contributed by atoms with E-state index in [1.165, 1.54) is 25.3 Å². The van der Waals surface area contributed by atoms with Gasteiger partial charge in [-0.1, -0.05) is 12.0 Å². The van der Waals surface area contributed by atoms with Crippen molar-refractivity contribution in [3.8, 4) is 11.8 Å². The predicted octanol–water partition coefficient (Wildman–Crippen LogP) is 0.492. The standard InChI is InChI=1S/C11H9NO4/c1-16-10(13)6-5-7-8(11(14)15)3-2-4-9(7)12/h2-4H,12H2,1H3,(H,14,15). The molecule has 0 radical (unpaired) electrons. The molecular formula is C11H9NO4. The van der Waals surface area contributed by atoms with Gasteiger partial charge in [0.1, 0.15) is 0 Å². The molecule has 0 heterocycles. The predicted molar refractivity (Wildman–Crippen MR) is 56.7 cm³/mol. The fraction of sp³-hybridized carbons (Fsp3) is 0.0909. The van der Waals surface area contributed by atoms with Gasteiger partial charge in [0.15, 0.2) is 0 Å². The van der Waals surface area contributed by atoms with E-state index in [0.29, 0.717) is 0 Å². The monoisotopic (exact) mass is 219 g/mol. The Labute approximate surface area is 91.8 Å². The van der Waals surface area contributed by atoms with Crippen molar-refractivity contribution in [2.24, 2.45) is 0 Å². The van der Waals surface area contributed by atoms with E-state index in [2.05, 4.69) is 16.6 Å². The highest BCUT2D eigenvalue weighted by Gasteiger charge is 2.10. The first kappa shape index (κ1) is 11.6. The average Bonchev–Trinajstić information content (AvgIpc) is 2.26. The number of carboxylic acids is 1. The molecule has 0 atom stereocenters. The van der Waals surface area contributed by atoms with Crippen molar-refractivity contribution in [1.82, 2.24) is 0 Å². The quantitative estimate of drug-likeness (QED) is 0.407. The van der Waals surface area contributed by atoms with Crippen molar-refractivity contribution >= 4 is 17.6 Å². The summed E-state index contributed by atoms with van der Waals surface area (Å²) in [5, 5.41) is 8.87. The van der Waals surface area contributed by atoms with Crippen molar-refractivity contribution < 1.29 is 19.4 Å². The fourth-order valence-electron chi connectivity index (χ4n) is 1.05. The van der Waals surface area contributed by atoms with Gasteiger partial charge in [0, 0.05) is 11.6 Å². The van der Waals surface area contributed by atoms with Gasteiger partial charge >= 0.3 is 11.9 Å². The van der Waals surface area contributed by atoms with Crippen LogP contribution in [0.2, 0.25) is 0 Å². The number of carbonyl (C=O) groups excluding carboxylic acids is 1. The summed E-state index contributed by atoms with van der Waals surface area (Å²) < 4.78 is 4.31. The lowest BCUT2D eigenvalue weighted by atomic mass is 10.1. The molecule has 1 aromatic rings. The number of ether oxygens (including phenoxy) is 1. The van der Waals surface area contributed by atoms with Crippen LogP contribution >= 0.6 is 0 Å². The molecule has 1 rings (SSSR count). The summed E-state index contributed by atoms with van der Waals surface area (Å²) in [6, 6.07) is 4.37. The molecule has 0 unspecified atom stereocenters. The lowest BCUT2D eigenvalue weighted by molar-refractivity contribution is -0.133. The molecule has 16 heavy (non-hydrogen) atoms. The van der Waals surface area contributed by atoms with E-state index in [9.17, 15) is 9.59 Å². The zero-order chi connectivity index (χ0) is 12.1. The Balaban J connectivity index is 3.24. The molecule has 3 N–H and O–H groups in total. The second-order valence-electron chi connectivity index (χ2n) is 2.82. The Hall–Kier alpha value is -2.48. The third-order valence-corrected chi connectivity index (χ3v) is 1.80. The van der Waals surface area contributed by atoms with Gasteiger partial charge in [0.25, 0.3) is 0 Å². The van der Waals surface area contributed by atoms with Crippen LogP contribution < -0.4 is 5.73 Å². The molecule has 0 aliphatic carbocycles. The molecule has 0 fully saturated rings. The fourth-order valence-corrected chi connectivity index (χ4v) is 1.05. The molecule has 0 saturated heterocycles. The number of carboxylic acid groups (broad SMARTS) is 1. The van der Waals surface area contributed by atoms with Crippen LogP contribution in [0.25, 0.3) is 0 Å². The van der Waals surface area contributed by atoms with Crippen LogP contribution in [0.3, 0.4) is 0 Å². The first-order valence-corrected chi connectivity index (χ1v) is 4.28. The largest absolute Gasteiger partial charge is 0.478 e. The average molecular weight is 219 g/mol. The van der Waals surface area contributed by atoms with Crippen LogP contribution in [0.4, 0.5) is 5.69 Å². The molecule has 5 nitrogen and oxygen atoms in total. The number of benzene rings is 1. The molecule has 0 aliphatic rings. The van der Waals surface area contributed by atoms with Gasteiger partial charge in [0.05, 0.1) is 18.2 Å². The Morgan fingerprint density at radius 3 is 2.69 bits per heavy atom. The molecule has 0 aliphatic heterocycles. The van der Waals surface area contributed by atoms with Gasteiger partial charge in [-0.25, -0.2) is 9.59 Å². The highest BCUT2D eigenvalue weighted by atomic mass is 16.5. The number of esters is 1. The van der Waals surface area contributed by atoms with Crippen LogP contribution in [-0.2, 0) is 9.53 Å². The van der Waals surface area contributed by atoms with E-state index >= 15 is 0 Å². The molecule has 1 aromatic carbocycles. The highest BCUT2D eigenvalue weighted by molar-refractivity contribution is 5.95. The summed E-state index contributed by atoms with van der Waals surface area (Å²) in [6.45, 7) is 0. The van der Waals surface area contributed by atoms with Gasteiger partial charge in [0.2, 0.25) is 0 Å². The zero-order valence-electron chi connectivity index (χ0n) is 8.48. The summed E-state index contributed by atoms with van der Waals surface area (Å²) in [5.41, 5.74) is 5.84. The molecule has 0 saturated carbocycles. The van der Waals surface area contributed by atoms with E-state index in [4.69, 9.17) is 10.8 Å². The lowest BCUT2D eigenvalue weighted by Crippen LogP contribution is -2.04. The number of aromatic carboxylic acids is 1. The molecular weight excluding hydrogens is 210 g/mol. The van der Waals surface area contributed by atoms with Crippen LogP contribution in [0.1, 0.15) is 15.9 Å². The minimum atomic E-state index is -1.15. The number of hydrogen-bond acceptors (Lipinski definition) is 4. The first-order valence-electron chi connectivity index (χ1n) is 4.28. The molecule has 0 spiro atoms. The number of carbonyl (C=O) groups is 2. The van der Waals surface area contributed by atoms with E-state index < -0.39 is 11.9 Å². The Kier molecular flexibility index (Phi) is 3.51. The van der Waals surface area contributed by atoms with Crippen molar-refractivity contribution in [3.05, 3.63) is 29.3 Å². The Morgan fingerprint density at radius 2 is 2.12 bits per heavy atom. The minimum absolute atomic E-state index is 0.0450. The summed E-state index contributed by atoms with van der Waals surface area (Å²) in [6.07, 6.45) is 0. The van der Waals surface area contributed by atoms with Crippen LogP contribution in [0.15, 0.2) is 18.2 Å². The van der Waals surface area contributed by atoms with Gasteiger partial charge in [-0.2, -0.15) is 0 Å². The van der Waals surface area contributed by atoms with Crippen LogP contribution in [0.5, 0.6) is 0 Å². The highest BCUT2D eigenvalue weighted by Crippen LogP contribution is 2.15. The van der Waals surface area contributed by atoms with Gasteiger partial charge < -0.3 is 15.6 Å². The maximum absolute atomic E-state index is 10.8. The van der Waals surface area contributed by atoms with Gasteiger partial charge in [-0.3, -0.25) is 0 Å². The number of rotatable bonds is 1. The summed E-state index contributed by atoms with van der Waals surface area (Å²) in [4.78, 5) is 21.6. The van der Waals surface area contributed by atoms with Crippen molar-refractivity contribution in [3.63, 3.8) is 0 Å². The molecule has 82 valence electrons. The maximum Gasteiger partial charge on any atom is 0.384 e. The normalized spacial score (nSPS) is 8.81. The molecule has 5 heteroatoms. The molecule has 0 bridgehead atoms. The van der Waals surface area contributed by atoms with Crippen molar-refractivity contribution in [1.29, 1.82) is 0 Å². The number of hydrogen-bond donors (Lipinski definition) is 2. The van der Waals surface area contributed by atoms with Crippen molar-refractivity contribution in [2.75, 3.05) is 12.8 Å². The van der Waals surface area contributed by atoms with Gasteiger partial charge in [-0.05, 0) is 12.1 Å². The Bertz CT molecular complexity index is 496. The number of nitrogen functional groups attached to an aromatic ring is 1. The maximum atomic E-state index is 10.8. The molecule has 0 amide bonds. The molecule has 0 aromatic heterocycles. The van der Waals surface area contributed by atoms with Crippen molar-refractivity contribution in [2.45, 2.75) is 0 Å². The van der Waals surface area contributed by atoms with Crippen LogP contribution in [0, 0.1) is 11.8 Å². The number of anilines is 1. The third kappa shape index (κ3) is 2.51. The van der Waals surface area contributed by atoms with E-state index in [-0.39, 0.29) is 16.8 Å². The minimum Gasteiger partial charge on any atom is -0.478 e. The number of methoxy groups -OCH3 is 1. The zero-order valence-corrected chi connectivity index (χ0v) is 8.48. The SMILES string of the molecule is COC(=O)C#Cc1c(N)cccc1C(=O)O. The van der Waals surface area contributed by atoms with E-state index in [1.807, 2.05) is 0 Å². The van der Waals surface area contributed by atoms with Gasteiger partial charge in [-0.15, -0.1) is 0 Å². The number of nitrogens with two attached hydrogens (primary N) is 1. The summed E-state index contributed by atoms with van der Waals surface area (Å²) >= 11 is 0. The summed E-state index contributed by atoms with van der Waals surface area (Å²) in [7, 11) is 1.18. The Morgan fingerprint density at radius 1 is 1.44 bits per heavy atom. The second kappa shape index (κ2) is 4.84. The van der Waals surface area contributed by atoms with E-state index in [0.717, 1.165) is 0 Å². The first-order chi connectivity index (χ1) is 7.56. The third-order valence-electron chi connectivity index (χ3n) is 1.80. The van der Waals surface area contributed by atoms with E-state index in [1.54, 1.807) is 0 Å². The topological polar surface area (TPSA) is 89.6 Å².